The molecule has 1 aromatic carbocycles. The van der Waals surface area contributed by atoms with E-state index >= 15 is 0 Å². The van der Waals surface area contributed by atoms with Crippen molar-refractivity contribution in [2.24, 2.45) is 5.10 Å². The highest BCUT2D eigenvalue weighted by atomic mass is 32.1. The van der Waals surface area contributed by atoms with E-state index in [1.807, 2.05) is 0 Å². The van der Waals surface area contributed by atoms with Crippen LogP contribution in [0.2, 0.25) is 0 Å². The molecule has 0 amide bonds. The first-order chi connectivity index (χ1) is 8.63. The summed E-state index contributed by atoms with van der Waals surface area (Å²) in [6.07, 6.45) is 3.21. The lowest BCUT2D eigenvalue weighted by Gasteiger charge is -2.03. The molecule has 6 heteroatoms. The molecule has 0 aliphatic rings. The Morgan fingerprint density at radius 1 is 1.44 bits per heavy atom. The van der Waals surface area contributed by atoms with E-state index in [4.69, 9.17) is 12.2 Å². The van der Waals surface area contributed by atoms with Crippen LogP contribution in [-0.4, -0.2) is 23.8 Å². The third-order valence-corrected chi connectivity index (χ3v) is 2.17. The minimum absolute atomic E-state index is 0.128. The molecule has 18 heavy (non-hydrogen) atoms. The lowest BCUT2D eigenvalue weighted by Crippen LogP contribution is -2.31. The molecule has 5 nitrogen and oxygen atoms in total. The van der Waals surface area contributed by atoms with Crippen LogP contribution in [0.1, 0.15) is 15.9 Å². The van der Waals surface area contributed by atoms with Gasteiger partial charge in [-0.1, -0.05) is 30.3 Å². The highest BCUT2D eigenvalue weighted by molar-refractivity contribution is 7.80. The van der Waals surface area contributed by atoms with Crippen molar-refractivity contribution in [2.75, 3.05) is 6.54 Å². The SMILES string of the molecule is C=CCNC(=S)NN=Cc1ccc(C(=O)[O-])cc1. The fraction of sp³-hybridized carbons (Fsp3) is 0.0833. The van der Waals surface area contributed by atoms with Crippen molar-refractivity contribution in [3.8, 4) is 0 Å². The normalized spacial score (nSPS) is 10.0. The molecular formula is C12H12N3O2S-. The number of hydrogen-bond donors (Lipinski definition) is 2. The predicted octanol–water partition coefficient (Wildman–Crippen LogP) is 0.0341. The van der Waals surface area contributed by atoms with Crippen LogP contribution in [0.3, 0.4) is 0 Å². The second-order valence-corrected chi connectivity index (χ2v) is 3.69. The first-order valence-corrected chi connectivity index (χ1v) is 5.53. The molecule has 0 saturated carbocycles. The number of nitrogens with zero attached hydrogens (tertiary/aromatic N) is 1. The van der Waals surface area contributed by atoms with Gasteiger partial charge >= 0.3 is 0 Å². The third kappa shape index (κ3) is 4.75. The van der Waals surface area contributed by atoms with E-state index in [0.29, 0.717) is 11.7 Å². The van der Waals surface area contributed by atoms with Crippen molar-refractivity contribution < 1.29 is 9.90 Å². The van der Waals surface area contributed by atoms with E-state index in [1.165, 1.54) is 18.3 Å². The molecule has 0 saturated heterocycles. The molecule has 0 heterocycles. The molecule has 2 N–H and O–H groups in total. The highest BCUT2D eigenvalue weighted by Gasteiger charge is 1.93. The van der Waals surface area contributed by atoms with Gasteiger partial charge in [-0.3, -0.25) is 5.43 Å². The molecule has 1 aromatic rings. The Kier molecular flexibility index (Phi) is 5.53. The number of rotatable bonds is 5. The second-order valence-electron chi connectivity index (χ2n) is 3.28. The Labute approximate surface area is 110 Å². The zero-order chi connectivity index (χ0) is 13.4. The fourth-order valence-electron chi connectivity index (χ4n) is 1.08. The van der Waals surface area contributed by atoms with Gasteiger partial charge in [0, 0.05) is 6.54 Å². The maximum absolute atomic E-state index is 10.5. The lowest BCUT2D eigenvalue weighted by molar-refractivity contribution is -0.255. The van der Waals surface area contributed by atoms with Gasteiger partial charge in [-0.05, 0) is 23.3 Å². The van der Waals surface area contributed by atoms with Crippen LogP contribution in [0, 0.1) is 0 Å². The topological polar surface area (TPSA) is 76.5 Å². The van der Waals surface area contributed by atoms with Crippen molar-refractivity contribution in [2.45, 2.75) is 0 Å². The predicted molar refractivity (Wildman–Crippen MR) is 72.3 cm³/mol. The van der Waals surface area contributed by atoms with Crippen LogP contribution in [0.25, 0.3) is 0 Å². The Balaban J connectivity index is 2.49. The monoisotopic (exact) mass is 262 g/mol. The number of carboxylic acid groups (broad SMARTS) is 1. The summed E-state index contributed by atoms with van der Waals surface area (Å²) < 4.78 is 0. The Morgan fingerprint density at radius 2 is 2.11 bits per heavy atom. The lowest BCUT2D eigenvalue weighted by atomic mass is 10.1. The summed E-state index contributed by atoms with van der Waals surface area (Å²) in [5.41, 5.74) is 3.49. The van der Waals surface area contributed by atoms with Crippen molar-refractivity contribution in [3.63, 3.8) is 0 Å². The smallest absolute Gasteiger partial charge is 0.187 e. The average Bonchev–Trinajstić information content (AvgIpc) is 2.37. The Hall–Kier alpha value is -2.21. The van der Waals surface area contributed by atoms with E-state index in [-0.39, 0.29) is 5.56 Å². The van der Waals surface area contributed by atoms with Crippen molar-refractivity contribution in [1.82, 2.24) is 10.7 Å². The summed E-state index contributed by atoms with van der Waals surface area (Å²) in [5.74, 6) is -1.20. The number of thiocarbonyl (C=S) groups is 1. The van der Waals surface area contributed by atoms with E-state index in [0.717, 1.165) is 5.56 Å². The minimum atomic E-state index is -1.20. The van der Waals surface area contributed by atoms with Crippen LogP contribution in [0.5, 0.6) is 0 Å². The number of hydrazone groups is 1. The molecule has 0 spiro atoms. The molecule has 0 atom stereocenters. The number of nitrogens with one attached hydrogen (secondary N) is 2. The Morgan fingerprint density at radius 3 is 2.67 bits per heavy atom. The van der Waals surface area contributed by atoms with E-state index < -0.39 is 5.97 Å². The molecule has 0 fully saturated rings. The molecule has 0 aliphatic heterocycles. The zero-order valence-corrected chi connectivity index (χ0v) is 10.4. The van der Waals surface area contributed by atoms with Crippen LogP contribution < -0.4 is 15.8 Å². The van der Waals surface area contributed by atoms with Gasteiger partial charge in [0.15, 0.2) is 5.11 Å². The molecule has 1 rings (SSSR count). The summed E-state index contributed by atoms with van der Waals surface area (Å²) in [4.78, 5) is 10.5. The van der Waals surface area contributed by atoms with Crippen LogP contribution in [-0.2, 0) is 0 Å². The van der Waals surface area contributed by atoms with E-state index in [1.54, 1.807) is 18.2 Å². The zero-order valence-electron chi connectivity index (χ0n) is 9.55. The van der Waals surface area contributed by atoms with Gasteiger partial charge < -0.3 is 15.2 Å². The van der Waals surface area contributed by atoms with Gasteiger partial charge in [-0.2, -0.15) is 5.10 Å². The minimum Gasteiger partial charge on any atom is -0.545 e. The van der Waals surface area contributed by atoms with Crippen LogP contribution in [0.15, 0.2) is 42.0 Å². The fourth-order valence-corrected chi connectivity index (χ4v) is 1.21. The Bertz CT molecular complexity index is 469. The number of carbonyl (C=O) groups is 1. The van der Waals surface area contributed by atoms with Crippen molar-refractivity contribution >= 4 is 29.5 Å². The number of carbonyl (C=O) groups excluding carboxylic acids is 1. The number of benzene rings is 1. The molecule has 0 unspecified atom stereocenters. The van der Waals surface area contributed by atoms with E-state index in [2.05, 4.69) is 22.4 Å². The number of hydrogen-bond acceptors (Lipinski definition) is 4. The van der Waals surface area contributed by atoms with E-state index in [9.17, 15) is 9.90 Å². The van der Waals surface area contributed by atoms with Gasteiger partial charge in [-0.15, -0.1) is 6.58 Å². The third-order valence-electron chi connectivity index (χ3n) is 1.93. The molecule has 0 bridgehead atoms. The largest absolute Gasteiger partial charge is 0.545 e. The molecule has 94 valence electrons. The van der Waals surface area contributed by atoms with Gasteiger partial charge in [0.05, 0.1) is 12.2 Å². The first kappa shape index (κ1) is 13.9. The second kappa shape index (κ2) is 7.18. The number of aromatic carboxylic acids is 1. The first-order valence-electron chi connectivity index (χ1n) is 5.12. The quantitative estimate of drug-likeness (QED) is 0.339. The van der Waals surface area contributed by atoms with Gasteiger partial charge in [0.1, 0.15) is 0 Å². The number of carboxylic acids is 1. The molecule has 0 aliphatic carbocycles. The molecule has 0 radical (unpaired) electrons. The summed E-state index contributed by atoms with van der Waals surface area (Å²) in [7, 11) is 0. The summed E-state index contributed by atoms with van der Waals surface area (Å²) in [5, 5.41) is 17.7. The highest BCUT2D eigenvalue weighted by Crippen LogP contribution is 2.00. The summed E-state index contributed by atoms with van der Waals surface area (Å²) in [6.45, 7) is 4.10. The summed E-state index contributed by atoms with van der Waals surface area (Å²) >= 11 is 4.92. The summed E-state index contributed by atoms with van der Waals surface area (Å²) in [6, 6.07) is 6.14. The maximum atomic E-state index is 10.5. The molecule has 0 aromatic heterocycles. The average molecular weight is 262 g/mol. The van der Waals surface area contributed by atoms with Crippen molar-refractivity contribution in [1.29, 1.82) is 0 Å². The van der Waals surface area contributed by atoms with Crippen LogP contribution in [0.4, 0.5) is 0 Å². The van der Waals surface area contributed by atoms with Gasteiger partial charge in [0.25, 0.3) is 0 Å². The van der Waals surface area contributed by atoms with Gasteiger partial charge in [0.2, 0.25) is 0 Å². The maximum Gasteiger partial charge on any atom is 0.187 e. The van der Waals surface area contributed by atoms with Crippen molar-refractivity contribution in [3.05, 3.63) is 48.0 Å². The van der Waals surface area contributed by atoms with Gasteiger partial charge in [-0.25, -0.2) is 0 Å². The van der Waals surface area contributed by atoms with Crippen LogP contribution >= 0.6 is 12.2 Å². The molecular weight excluding hydrogens is 250 g/mol. The standard InChI is InChI=1S/C12H13N3O2S/c1-2-7-13-12(18)15-14-8-9-3-5-10(6-4-9)11(16)17/h2-6,8H,1,7H2,(H,16,17)(H2,13,15,18)/p-1.